The molecular formula is C21H24N2O4. The number of amides is 1. The molecule has 0 aliphatic carbocycles. The molecule has 6 nitrogen and oxygen atoms in total. The van der Waals surface area contributed by atoms with Gasteiger partial charge in [0.2, 0.25) is 0 Å². The van der Waals surface area contributed by atoms with Gasteiger partial charge in [0.05, 0.1) is 12.1 Å². The van der Waals surface area contributed by atoms with Crippen molar-refractivity contribution in [2.24, 2.45) is 5.16 Å². The number of carboxylic acids is 1. The number of benzene rings is 2. The molecule has 2 aromatic rings. The Labute approximate surface area is 158 Å². The quantitative estimate of drug-likeness (QED) is 0.402. The second-order valence-electron chi connectivity index (χ2n) is 7.30. The maximum atomic E-state index is 12.4. The topological polar surface area (TPSA) is 99.0 Å². The molecule has 1 amide bonds. The van der Waals surface area contributed by atoms with E-state index in [4.69, 9.17) is 10.3 Å². The molecule has 0 atom stereocenters. The number of carbonyl (C=O) groups is 2. The average Bonchev–Trinajstić information content (AvgIpc) is 2.62. The van der Waals surface area contributed by atoms with Crippen molar-refractivity contribution < 1.29 is 19.9 Å². The van der Waals surface area contributed by atoms with Crippen molar-refractivity contribution in [2.45, 2.75) is 39.0 Å². The molecule has 2 rings (SSSR count). The van der Waals surface area contributed by atoms with E-state index in [1.807, 2.05) is 12.1 Å². The number of carbonyl (C=O) groups excluding carboxylic acids is 1. The first-order valence-electron chi connectivity index (χ1n) is 8.66. The van der Waals surface area contributed by atoms with Crippen LogP contribution in [0.25, 0.3) is 0 Å². The van der Waals surface area contributed by atoms with Crippen LogP contribution in [0.5, 0.6) is 0 Å². The Morgan fingerprint density at radius 3 is 1.96 bits per heavy atom. The third-order valence-electron chi connectivity index (χ3n) is 4.19. The van der Waals surface area contributed by atoms with Crippen molar-refractivity contribution in [2.75, 3.05) is 5.32 Å². The van der Waals surface area contributed by atoms with Gasteiger partial charge in [-0.1, -0.05) is 50.2 Å². The minimum atomic E-state index is -0.961. The maximum Gasteiger partial charge on any atom is 0.303 e. The Balaban J connectivity index is 2.05. The van der Waals surface area contributed by atoms with Gasteiger partial charge in [-0.15, -0.1) is 0 Å². The summed E-state index contributed by atoms with van der Waals surface area (Å²) in [6, 6.07) is 14.2. The smallest absolute Gasteiger partial charge is 0.303 e. The second-order valence-corrected chi connectivity index (χ2v) is 7.30. The summed E-state index contributed by atoms with van der Waals surface area (Å²) in [5.74, 6) is -1.18. The van der Waals surface area contributed by atoms with Crippen LogP contribution in [-0.4, -0.2) is 27.9 Å². The van der Waals surface area contributed by atoms with E-state index < -0.39 is 5.97 Å². The molecule has 27 heavy (non-hydrogen) atoms. The largest absolute Gasteiger partial charge is 0.481 e. The highest BCUT2D eigenvalue weighted by atomic mass is 16.4. The molecular weight excluding hydrogens is 344 g/mol. The van der Waals surface area contributed by atoms with E-state index in [0.29, 0.717) is 16.8 Å². The number of nitrogens with one attached hydrogen (secondary N) is 1. The molecule has 2 aromatic carbocycles. The van der Waals surface area contributed by atoms with E-state index in [1.54, 1.807) is 36.4 Å². The highest BCUT2D eigenvalue weighted by molar-refractivity contribution is 6.05. The van der Waals surface area contributed by atoms with Gasteiger partial charge in [0.15, 0.2) is 0 Å². The lowest BCUT2D eigenvalue weighted by molar-refractivity contribution is -0.136. The fourth-order valence-corrected chi connectivity index (χ4v) is 2.55. The third kappa shape index (κ3) is 5.67. The van der Waals surface area contributed by atoms with Crippen LogP contribution in [0.1, 0.15) is 55.1 Å². The first kappa shape index (κ1) is 20.2. The van der Waals surface area contributed by atoms with E-state index >= 15 is 0 Å². The molecule has 0 radical (unpaired) electrons. The monoisotopic (exact) mass is 368 g/mol. The molecule has 0 bridgehead atoms. The zero-order chi connectivity index (χ0) is 20.0. The van der Waals surface area contributed by atoms with Gasteiger partial charge in [0, 0.05) is 17.7 Å². The van der Waals surface area contributed by atoms with Crippen LogP contribution in [0.4, 0.5) is 5.69 Å². The number of carboxylic acid groups (broad SMARTS) is 1. The summed E-state index contributed by atoms with van der Waals surface area (Å²) in [5, 5.41) is 23.8. The molecule has 0 saturated carbocycles. The molecule has 0 fully saturated rings. The van der Waals surface area contributed by atoms with E-state index in [9.17, 15) is 9.59 Å². The molecule has 142 valence electrons. The van der Waals surface area contributed by atoms with Crippen LogP contribution in [0.15, 0.2) is 53.7 Å². The predicted molar refractivity (Wildman–Crippen MR) is 105 cm³/mol. The number of hydrogen-bond acceptors (Lipinski definition) is 4. The number of oxime groups is 1. The number of hydrogen-bond donors (Lipinski definition) is 3. The number of anilines is 1. The van der Waals surface area contributed by atoms with Crippen molar-refractivity contribution in [3.05, 3.63) is 65.2 Å². The van der Waals surface area contributed by atoms with Gasteiger partial charge in [-0.3, -0.25) is 9.59 Å². The van der Waals surface area contributed by atoms with Crippen LogP contribution in [-0.2, 0) is 10.2 Å². The van der Waals surface area contributed by atoms with Crippen LogP contribution in [0, 0.1) is 0 Å². The molecule has 0 aliphatic heterocycles. The maximum absolute atomic E-state index is 12.4. The summed E-state index contributed by atoms with van der Waals surface area (Å²) in [6.45, 7) is 6.35. The molecule has 0 aromatic heterocycles. The van der Waals surface area contributed by atoms with Crippen LogP contribution >= 0.6 is 0 Å². The minimum absolute atomic E-state index is 0.0252. The summed E-state index contributed by atoms with van der Waals surface area (Å²) in [4.78, 5) is 23.0. The molecule has 6 heteroatoms. The Bertz CT molecular complexity index is 832. The summed E-state index contributed by atoms with van der Waals surface area (Å²) in [7, 11) is 0. The predicted octanol–water partition coefficient (Wildman–Crippen LogP) is 4.28. The fourth-order valence-electron chi connectivity index (χ4n) is 2.55. The van der Waals surface area contributed by atoms with Crippen LogP contribution in [0.3, 0.4) is 0 Å². The highest BCUT2D eigenvalue weighted by Gasteiger charge is 2.14. The molecule has 0 spiro atoms. The van der Waals surface area contributed by atoms with Crippen LogP contribution in [0.2, 0.25) is 0 Å². The van der Waals surface area contributed by atoms with E-state index in [-0.39, 0.29) is 29.9 Å². The zero-order valence-corrected chi connectivity index (χ0v) is 15.7. The Kier molecular flexibility index (Phi) is 6.34. The van der Waals surface area contributed by atoms with E-state index in [1.165, 1.54) is 0 Å². The van der Waals surface area contributed by atoms with E-state index in [2.05, 4.69) is 31.2 Å². The minimum Gasteiger partial charge on any atom is -0.481 e. The van der Waals surface area contributed by atoms with Gasteiger partial charge in [-0.2, -0.15) is 0 Å². The van der Waals surface area contributed by atoms with Gasteiger partial charge >= 0.3 is 5.97 Å². The standard InChI is InChI=1S/C21H24N2O4/c1-21(2,3)16-8-4-15(5-9-16)20(26)22-17-10-6-14(7-11-17)18(23-27)12-13-19(24)25/h4-11,27H,12-13H2,1-3H3,(H,22,26)(H,24,25)/b23-18+. The lowest BCUT2D eigenvalue weighted by atomic mass is 9.87. The highest BCUT2D eigenvalue weighted by Crippen LogP contribution is 2.22. The summed E-state index contributed by atoms with van der Waals surface area (Å²) in [5.41, 5.74) is 3.22. The third-order valence-corrected chi connectivity index (χ3v) is 4.19. The first-order valence-corrected chi connectivity index (χ1v) is 8.66. The Hall–Kier alpha value is -3.15. The van der Waals surface area contributed by atoms with Gasteiger partial charge in [-0.05, 0) is 40.8 Å². The van der Waals surface area contributed by atoms with Crippen molar-refractivity contribution >= 4 is 23.3 Å². The number of aliphatic carboxylic acids is 1. The second kappa shape index (κ2) is 8.49. The van der Waals surface area contributed by atoms with Gasteiger partial charge < -0.3 is 15.6 Å². The Morgan fingerprint density at radius 1 is 0.926 bits per heavy atom. The van der Waals surface area contributed by atoms with Crippen LogP contribution < -0.4 is 5.32 Å². The average molecular weight is 368 g/mol. The van der Waals surface area contributed by atoms with Gasteiger partial charge in [0.25, 0.3) is 5.91 Å². The molecule has 0 heterocycles. The fraction of sp³-hybridized carbons (Fsp3) is 0.286. The lowest BCUT2D eigenvalue weighted by Crippen LogP contribution is -2.14. The number of rotatable bonds is 6. The molecule has 0 saturated heterocycles. The number of nitrogens with zero attached hydrogens (tertiary/aromatic N) is 1. The van der Waals surface area contributed by atoms with Crippen molar-refractivity contribution in [1.82, 2.24) is 0 Å². The lowest BCUT2D eigenvalue weighted by Gasteiger charge is -2.19. The zero-order valence-electron chi connectivity index (χ0n) is 15.7. The van der Waals surface area contributed by atoms with Crippen molar-refractivity contribution in [1.29, 1.82) is 0 Å². The Morgan fingerprint density at radius 2 is 1.48 bits per heavy atom. The molecule has 0 aliphatic rings. The SMILES string of the molecule is CC(C)(C)c1ccc(C(=O)Nc2ccc(/C(CCC(=O)O)=N/O)cc2)cc1. The molecule has 0 unspecified atom stereocenters. The van der Waals surface area contributed by atoms with Crippen molar-refractivity contribution in [3.63, 3.8) is 0 Å². The first-order chi connectivity index (χ1) is 12.7. The molecule has 3 N–H and O–H groups in total. The summed E-state index contributed by atoms with van der Waals surface area (Å²) >= 11 is 0. The normalized spacial score (nSPS) is 11.9. The van der Waals surface area contributed by atoms with Gasteiger partial charge in [0.1, 0.15) is 0 Å². The van der Waals surface area contributed by atoms with Crippen molar-refractivity contribution in [3.8, 4) is 0 Å². The van der Waals surface area contributed by atoms with E-state index in [0.717, 1.165) is 5.56 Å². The summed E-state index contributed by atoms with van der Waals surface area (Å²) in [6.07, 6.45) is 0.000106. The summed E-state index contributed by atoms with van der Waals surface area (Å²) < 4.78 is 0. The van der Waals surface area contributed by atoms with Gasteiger partial charge in [-0.25, -0.2) is 0 Å².